The number of carboxylic acids is 1. The van der Waals surface area contributed by atoms with Crippen LogP contribution in [0, 0.1) is 0 Å². The molecule has 0 radical (unpaired) electrons. The van der Waals surface area contributed by atoms with Crippen molar-refractivity contribution >= 4 is 11.7 Å². The van der Waals surface area contributed by atoms with E-state index in [1.165, 1.54) is 17.0 Å². The number of benzene rings is 1. The molecule has 110 valence electrons. The summed E-state index contributed by atoms with van der Waals surface area (Å²) in [4.78, 5) is 14.1. The van der Waals surface area contributed by atoms with E-state index in [2.05, 4.69) is 0 Å². The molecule has 0 unspecified atom stereocenters. The molecule has 0 amide bonds. The number of rotatable bonds is 3. The number of carboxylic acid groups (broad SMARTS) is 1. The molecular weight excluding hydrogens is 273 g/mol. The van der Waals surface area contributed by atoms with Crippen LogP contribution in [0.4, 0.5) is 18.9 Å². The van der Waals surface area contributed by atoms with Crippen LogP contribution in [0.15, 0.2) is 24.3 Å². The topological polar surface area (TPSA) is 43.8 Å². The highest BCUT2D eigenvalue weighted by Crippen LogP contribution is 2.20. The van der Waals surface area contributed by atoms with Gasteiger partial charge in [-0.05, 0) is 24.3 Å². The molecular formula is C13H15F3N2O2. The lowest BCUT2D eigenvalue weighted by atomic mass is 10.2. The molecule has 1 aromatic rings. The molecule has 0 atom stereocenters. The number of piperazine rings is 1. The minimum atomic E-state index is -4.16. The van der Waals surface area contributed by atoms with Gasteiger partial charge in [-0.2, -0.15) is 13.2 Å². The van der Waals surface area contributed by atoms with Gasteiger partial charge in [-0.3, -0.25) is 4.90 Å². The van der Waals surface area contributed by atoms with E-state index >= 15 is 0 Å². The van der Waals surface area contributed by atoms with Crippen LogP contribution >= 0.6 is 0 Å². The standard InChI is InChI=1S/C13H15F3N2O2/c14-13(15,16)9-17-5-7-18(8-6-17)11-3-1-10(2-4-11)12(19)20/h1-4H,5-9H2,(H,19,20). The zero-order valence-electron chi connectivity index (χ0n) is 10.7. The third kappa shape index (κ3) is 3.86. The first kappa shape index (κ1) is 14.6. The van der Waals surface area contributed by atoms with Gasteiger partial charge in [-0.1, -0.05) is 0 Å². The Morgan fingerprint density at radius 3 is 2.10 bits per heavy atom. The number of anilines is 1. The number of aromatic carboxylic acids is 1. The molecule has 1 heterocycles. The van der Waals surface area contributed by atoms with Crippen LogP contribution in [0.1, 0.15) is 10.4 Å². The van der Waals surface area contributed by atoms with Crippen molar-refractivity contribution in [2.75, 3.05) is 37.6 Å². The van der Waals surface area contributed by atoms with Crippen molar-refractivity contribution in [2.24, 2.45) is 0 Å². The van der Waals surface area contributed by atoms with E-state index in [1.807, 2.05) is 4.90 Å². The number of alkyl halides is 3. The summed E-state index contributed by atoms with van der Waals surface area (Å²) >= 11 is 0. The van der Waals surface area contributed by atoms with Gasteiger partial charge in [0.15, 0.2) is 0 Å². The van der Waals surface area contributed by atoms with E-state index in [9.17, 15) is 18.0 Å². The van der Waals surface area contributed by atoms with Crippen LogP contribution in [0.25, 0.3) is 0 Å². The fraction of sp³-hybridized carbons (Fsp3) is 0.462. The maximum absolute atomic E-state index is 12.3. The lowest BCUT2D eigenvalue weighted by Crippen LogP contribution is -2.49. The summed E-state index contributed by atoms with van der Waals surface area (Å²) in [5.41, 5.74) is 1.03. The first-order chi connectivity index (χ1) is 9.35. The van der Waals surface area contributed by atoms with Crippen LogP contribution in [0.2, 0.25) is 0 Å². The highest BCUT2D eigenvalue weighted by atomic mass is 19.4. The van der Waals surface area contributed by atoms with Gasteiger partial charge in [-0.15, -0.1) is 0 Å². The lowest BCUT2D eigenvalue weighted by molar-refractivity contribution is -0.146. The summed E-state index contributed by atoms with van der Waals surface area (Å²) in [6.45, 7) is 0.824. The molecule has 1 aliphatic heterocycles. The highest BCUT2D eigenvalue weighted by molar-refractivity contribution is 5.88. The molecule has 0 aliphatic carbocycles. The molecule has 2 rings (SSSR count). The zero-order valence-corrected chi connectivity index (χ0v) is 10.7. The van der Waals surface area contributed by atoms with Gasteiger partial charge in [-0.25, -0.2) is 4.79 Å². The molecule has 0 saturated carbocycles. The molecule has 0 aromatic heterocycles. The fourth-order valence-corrected chi connectivity index (χ4v) is 2.23. The van der Waals surface area contributed by atoms with Crippen molar-refractivity contribution in [1.82, 2.24) is 4.90 Å². The van der Waals surface area contributed by atoms with Gasteiger partial charge in [0.25, 0.3) is 0 Å². The summed E-state index contributed by atoms with van der Waals surface area (Å²) in [7, 11) is 0. The number of carbonyl (C=O) groups is 1. The maximum Gasteiger partial charge on any atom is 0.401 e. The van der Waals surface area contributed by atoms with E-state index < -0.39 is 18.7 Å². The predicted octanol–water partition coefficient (Wildman–Crippen LogP) is 2.07. The molecule has 1 fully saturated rings. The smallest absolute Gasteiger partial charge is 0.401 e. The van der Waals surface area contributed by atoms with Gasteiger partial charge in [0.1, 0.15) is 0 Å². The Labute approximate surface area is 114 Å². The van der Waals surface area contributed by atoms with Crippen LogP contribution in [0.3, 0.4) is 0 Å². The largest absolute Gasteiger partial charge is 0.478 e. The van der Waals surface area contributed by atoms with Crippen molar-refractivity contribution in [3.05, 3.63) is 29.8 Å². The Kier molecular flexibility index (Phi) is 4.17. The second-order valence-corrected chi connectivity index (χ2v) is 4.73. The first-order valence-corrected chi connectivity index (χ1v) is 6.22. The molecule has 4 nitrogen and oxygen atoms in total. The predicted molar refractivity (Wildman–Crippen MR) is 68.1 cm³/mol. The maximum atomic E-state index is 12.3. The Morgan fingerprint density at radius 2 is 1.65 bits per heavy atom. The Hall–Kier alpha value is -1.76. The number of hydrogen-bond donors (Lipinski definition) is 1. The molecule has 1 saturated heterocycles. The minimum Gasteiger partial charge on any atom is -0.478 e. The molecule has 7 heteroatoms. The van der Waals surface area contributed by atoms with E-state index in [1.54, 1.807) is 12.1 Å². The molecule has 0 spiro atoms. The van der Waals surface area contributed by atoms with Gasteiger partial charge < -0.3 is 10.0 Å². The van der Waals surface area contributed by atoms with E-state index in [0.717, 1.165) is 5.69 Å². The van der Waals surface area contributed by atoms with Crippen molar-refractivity contribution in [3.63, 3.8) is 0 Å². The first-order valence-electron chi connectivity index (χ1n) is 6.22. The average Bonchev–Trinajstić information content (AvgIpc) is 2.38. The molecule has 0 bridgehead atoms. The normalized spacial score (nSPS) is 17.2. The number of halogens is 3. The third-order valence-electron chi connectivity index (χ3n) is 3.25. The van der Waals surface area contributed by atoms with Crippen molar-refractivity contribution < 1.29 is 23.1 Å². The van der Waals surface area contributed by atoms with Gasteiger partial charge in [0.05, 0.1) is 12.1 Å². The number of nitrogens with zero attached hydrogens (tertiary/aromatic N) is 2. The Morgan fingerprint density at radius 1 is 1.10 bits per heavy atom. The second kappa shape index (κ2) is 5.70. The summed E-state index contributed by atoms with van der Waals surface area (Å²) in [5, 5.41) is 8.80. The minimum absolute atomic E-state index is 0.199. The number of hydrogen-bond acceptors (Lipinski definition) is 3. The quantitative estimate of drug-likeness (QED) is 0.924. The summed E-state index contributed by atoms with van der Waals surface area (Å²) in [6, 6.07) is 6.37. The summed E-state index contributed by atoms with van der Waals surface area (Å²) in [5.74, 6) is -0.994. The van der Waals surface area contributed by atoms with Crippen LogP contribution < -0.4 is 4.90 Å². The Balaban J connectivity index is 1.92. The summed E-state index contributed by atoms with van der Waals surface area (Å²) in [6.07, 6.45) is -4.16. The van der Waals surface area contributed by atoms with Crippen LogP contribution in [0.5, 0.6) is 0 Å². The van der Waals surface area contributed by atoms with Crippen LogP contribution in [-0.4, -0.2) is 54.9 Å². The fourth-order valence-electron chi connectivity index (χ4n) is 2.23. The molecule has 20 heavy (non-hydrogen) atoms. The lowest BCUT2D eigenvalue weighted by Gasteiger charge is -2.36. The molecule has 1 N–H and O–H groups in total. The van der Waals surface area contributed by atoms with Crippen molar-refractivity contribution in [3.8, 4) is 0 Å². The van der Waals surface area contributed by atoms with Gasteiger partial charge in [0.2, 0.25) is 0 Å². The Bertz CT molecular complexity index is 465. The average molecular weight is 288 g/mol. The molecule has 1 aliphatic rings. The monoisotopic (exact) mass is 288 g/mol. The third-order valence-corrected chi connectivity index (χ3v) is 3.25. The second-order valence-electron chi connectivity index (χ2n) is 4.73. The van der Waals surface area contributed by atoms with Crippen LogP contribution in [-0.2, 0) is 0 Å². The van der Waals surface area contributed by atoms with E-state index in [0.29, 0.717) is 26.2 Å². The highest BCUT2D eigenvalue weighted by Gasteiger charge is 2.32. The van der Waals surface area contributed by atoms with Gasteiger partial charge >= 0.3 is 12.1 Å². The summed E-state index contributed by atoms with van der Waals surface area (Å²) < 4.78 is 36.8. The van der Waals surface area contributed by atoms with E-state index in [-0.39, 0.29) is 5.56 Å². The SMILES string of the molecule is O=C(O)c1ccc(N2CCN(CC(F)(F)F)CC2)cc1. The van der Waals surface area contributed by atoms with Crippen molar-refractivity contribution in [2.45, 2.75) is 6.18 Å². The van der Waals surface area contributed by atoms with Gasteiger partial charge in [0, 0.05) is 31.9 Å². The van der Waals surface area contributed by atoms with E-state index in [4.69, 9.17) is 5.11 Å². The molecule has 1 aromatic carbocycles. The zero-order chi connectivity index (χ0) is 14.8. The van der Waals surface area contributed by atoms with Crippen molar-refractivity contribution in [1.29, 1.82) is 0 Å².